The van der Waals surface area contributed by atoms with Crippen molar-refractivity contribution in [3.63, 3.8) is 0 Å². The maximum atomic E-state index is 14.3. The molecule has 148 valence electrons. The van der Waals surface area contributed by atoms with Gasteiger partial charge < -0.3 is 9.84 Å². The van der Waals surface area contributed by atoms with E-state index >= 15 is 0 Å². The molecule has 0 aliphatic rings. The monoisotopic (exact) mass is 464 g/mol. The van der Waals surface area contributed by atoms with Gasteiger partial charge >= 0.3 is 0 Å². The number of nitrogens with zero attached hydrogens (tertiary/aromatic N) is 5. The predicted molar refractivity (Wildman–Crippen MR) is 113 cm³/mol. The molecule has 0 aliphatic heterocycles. The standard InChI is InChI=1S/C21H14BrFN6O/c22-16-11-26-29-19(9-18(27-21(16)29)15-3-1-2-4-17(15)23)24-10-13-5-7-14(8-6-13)20-25-12-30-28-20/h1-9,11-12,24H,10H2. The molecule has 3 heterocycles. The lowest BCUT2D eigenvalue weighted by molar-refractivity contribution is 0.419. The molecular formula is C21H14BrFN6O. The zero-order valence-corrected chi connectivity index (χ0v) is 17.0. The van der Waals surface area contributed by atoms with E-state index in [4.69, 9.17) is 4.52 Å². The first-order valence-electron chi connectivity index (χ1n) is 9.08. The van der Waals surface area contributed by atoms with Crippen molar-refractivity contribution >= 4 is 27.4 Å². The van der Waals surface area contributed by atoms with Gasteiger partial charge in [0, 0.05) is 23.7 Å². The first-order valence-corrected chi connectivity index (χ1v) is 9.87. The second-order valence-corrected chi connectivity index (χ2v) is 7.39. The minimum Gasteiger partial charge on any atom is -0.366 e. The zero-order valence-electron chi connectivity index (χ0n) is 15.5. The highest BCUT2D eigenvalue weighted by molar-refractivity contribution is 9.10. The molecule has 30 heavy (non-hydrogen) atoms. The summed E-state index contributed by atoms with van der Waals surface area (Å²) in [5, 5.41) is 11.6. The van der Waals surface area contributed by atoms with Crippen molar-refractivity contribution < 1.29 is 8.91 Å². The third-order valence-corrected chi connectivity index (χ3v) is 5.19. The van der Waals surface area contributed by atoms with Crippen molar-refractivity contribution in [2.45, 2.75) is 6.54 Å². The molecule has 0 amide bonds. The van der Waals surface area contributed by atoms with Gasteiger partial charge in [-0.05, 0) is 33.6 Å². The summed E-state index contributed by atoms with van der Waals surface area (Å²) in [6, 6.07) is 16.2. The Labute approximate surface area is 178 Å². The number of anilines is 1. The number of fused-ring (bicyclic) bond motifs is 1. The van der Waals surface area contributed by atoms with E-state index in [1.807, 2.05) is 24.3 Å². The van der Waals surface area contributed by atoms with E-state index < -0.39 is 0 Å². The quantitative estimate of drug-likeness (QED) is 0.395. The van der Waals surface area contributed by atoms with E-state index in [1.165, 1.54) is 12.5 Å². The van der Waals surface area contributed by atoms with Crippen LogP contribution in [0.2, 0.25) is 0 Å². The number of nitrogens with one attached hydrogen (secondary N) is 1. The smallest absolute Gasteiger partial charge is 0.214 e. The lowest BCUT2D eigenvalue weighted by atomic mass is 10.1. The van der Waals surface area contributed by atoms with Crippen LogP contribution in [-0.2, 0) is 6.54 Å². The van der Waals surface area contributed by atoms with Crippen LogP contribution in [-0.4, -0.2) is 24.7 Å². The van der Waals surface area contributed by atoms with E-state index in [1.54, 1.807) is 35.0 Å². The first kappa shape index (κ1) is 18.4. The van der Waals surface area contributed by atoms with Crippen LogP contribution < -0.4 is 5.32 Å². The molecule has 0 aliphatic carbocycles. The molecule has 9 heteroatoms. The summed E-state index contributed by atoms with van der Waals surface area (Å²) in [5.74, 6) is 0.917. The lowest BCUT2D eigenvalue weighted by Gasteiger charge is -2.11. The van der Waals surface area contributed by atoms with Crippen molar-refractivity contribution in [3.05, 3.63) is 83.0 Å². The average Bonchev–Trinajstić information content (AvgIpc) is 3.43. The second kappa shape index (κ2) is 7.68. The fourth-order valence-corrected chi connectivity index (χ4v) is 3.48. The third-order valence-electron chi connectivity index (χ3n) is 4.63. The van der Waals surface area contributed by atoms with Gasteiger partial charge in [-0.2, -0.15) is 14.6 Å². The van der Waals surface area contributed by atoms with Crippen LogP contribution in [0.3, 0.4) is 0 Å². The van der Waals surface area contributed by atoms with Gasteiger partial charge in [0.05, 0.1) is 16.4 Å². The Bertz CT molecular complexity index is 1320. The van der Waals surface area contributed by atoms with E-state index in [-0.39, 0.29) is 5.82 Å². The summed E-state index contributed by atoms with van der Waals surface area (Å²) < 4.78 is 21.5. The van der Waals surface area contributed by atoms with Crippen LogP contribution >= 0.6 is 15.9 Å². The van der Waals surface area contributed by atoms with Gasteiger partial charge in [-0.3, -0.25) is 0 Å². The Morgan fingerprint density at radius 1 is 1.10 bits per heavy atom. The van der Waals surface area contributed by atoms with Gasteiger partial charge in [0.25, 0.3) is 0 Å². The topological polar surface area (TPSA) is 81.1 Å². The van der Waals surface area contributed by atoms with Gasteiger partial charge in [0.2, 0.25) is 12.2 Å². The molecule has 3 aromatic heterocycles. The van der Waals surface area contributed by atoms with Crippen molar-refractivity contribution in [1.29, 1.82) is 0 Å². The molecule has 0 saturated carbocycles. The molecule has 0 fully saturated rings. The molecule has 0 atom stereocenters. The fourth-order valence-electron chi connectivity index (χ4n) is 3.13. The number of hydrogen-bond donors (Lipinski definition) is 1. The molecule has 0 bridgehead atoms. The molecule has 0 radical (unpaired) electrons. The molecular weight excluding hydrogens is 451 g/mol. The van der Waals surface area contributed by atoms with Crippen molar-refractivity contribution in [3.8, 4) is 22.6 Å². The molecule has 0 unspecified atom stereocenters. The molecule has 0 saturated heterocycles. The number of aromatic nitrogens is 5. The van der Waals surface area contributed by atoms with Gasteiger partial charge in [0.15, 0.2) is 5.65 Å². The molecule has 5 rings (SSSR count). The zero-order chi connectivity index (χ0) is 20.5. The van der Waals surface area contributed by atoms with Gasteiger partial charge in [-0.15, -0.1) is 0 Å². The predicted octanol–water partition coefficient (Wildman–Crippen LogP) is 4.96. The van der Waals surface area contributed by atoms with Crippen LogP contribution in [0.1, 0.15) is 5.56 Å². The van der Waals surface area contributed by atoms with Crippen molar-refractivity contribution in [2.75, 3.05) is 5.32 Å². The van der Waals surface area contributed by atoms with Crippen molar-refractivity contribution in [2.24, 2.45) is 0 Å². The van der Waals surface area contributed by atoms with Crippen LogP contribution in [0.15, 0.2) is 76.2 Å². The lowest BCUT2D eigenvalue weighted by Crippen LogP contribution is -2.07. The molecule has 2 aromatic carbocycles. The number of hydrogen-bond acceptors (Lipinski definition) is 6. The Balaban J connectivity index is 1.46. The Kier molecular flexibility index (Phi) is 4.72. The SMILES string of the molecule is Fc1ccccc1-c1cc(NCc2ccc(-c3ncon3)cc2)n2ncc(Br)c2n1. The summed E-state index contributed by atoms with van der Waals surface area (Å²) in [4.78, 5) is 8.62. The Hall–Kier alpha value is -3.59. The summed E-state index contributed by atoms with van der Waals surface area (Å²) in [6.07, 6.45) is 2.97. The second-order valence-electron chi connectivity index (χ2n) is 6.54. The maximum absolute atomic E-state index is 14.3. The van der Waals surface area contributed by atoms with Crippen molar-refractivity contribution in [1.82, 2.24) is 24.7 Å². The molecule has 5 aromatic rings. The van der Waals surface area contributed by atoms with E-state index in [0.29, 0.717) is 35.1 Å². The Morgan fingerprint density at radius 3 is 2.70 bits per heavy atom. The number of rotatable bonds is 5. The van der Waals surface area contributed by atoms with E-state index in [0.717, 1.165) is 15.6 Å². The molecule has 7 nitrogen and oxygen atoms in total. The third kappa shape index (κ3) is 3.43. The summed E-state index contributed by atoms with van der Waals surface area (Å²) in [5.41, 5.74) is 3.48. The van der Waals surface area contributed by atoms with Gasteiger partial charge in [0.1, 0.15) is 11.6 Å². The van der Waals surface area contributed by atoms with Crippen LogP contribution in [0.25, 0.3) is 28.3 Å². The fraction of sp³-hybridized carbons (Fsp3) is 0.0476. The summed E-state index contributed by atoms with van der Waals surface area (Å²) in [7, 11) is 0. The van der Waals surface area contributed by atoms with E-state index in [9.17, 15) is 4.39 Å². The number of halogens is 2. The highest BCUT2D eigenvalue weighted by atomic mass is 79.9. The highest BCUT2D eigenvalue weighted by Gasteiger charge is 2.14. The first-order chi connectivity index (χ1) is 14.7. The van der Waals surface area contributed by atoms with Gasteiger partial charge in [-0.1, -0.05) is 41.6 Å². The normalized spacial score (nSPS) is 11.1. The maximum Gasteiger partial charge on any atom is 0.214 e. The van der Waals surface area contributed by atoms with E-state index in [2.05, 4.69) is 41.5 Å². The highest BCUT2D eigenvalue weighted by Crippen LogP contribution is 2.27. The van der Waals surface area contributed by atoms with Crippen LogP contribution in [0, 0.1) is 5.82 Å². The number of benzene rings is 2. The van der Waals surface area contributed by atoms with Crippen LogP contribution in [0.5, 0.6) is 0 Å². The summed E-state index contributed by atoms with van der Waals surface area (Å²) >= 11 is 3.46. The molecule has 1 N–H and O–H groups in total. The Morgan fingerprint density at radius 2 is 1.93 bits per heavy atom. The van der Waals surface area contributed by atoms with Gasteiger partial charge in [-0.25, -0.2) is 9.37 Å². The summed E-state index contributed by atoms with van der Waals surface area (Å²) in [6.45, 7) is 0.541. The van der Waals surface area contributed by atoms with Crippen LogP contribution in [0.4, 0.5) is 10.2 Å². The average molecular weight is 465 g/mol. The largest absolute Gasteiger partial charge is 0.366 e. The molecule has 0 spiro atoms. The minimum absolute atomic E-state index is 0.326. The minimum atomic E-state index is -0.326.